The Hall–Kier alpha value is -1.02. The molecule has 1 aliphatic carbocycles. The normalized spacial score (nSPS) is 17.9. The summed E-state index contributed by atoms with van der Waals surface area (Å²) in [5.41, 5.74) is 8.28. The van der Waals surface area contributed by atoms with Gasteiger partial charge < -0.3 is 10.5 Å². The molecule has 2 N–H and O–H groups in total. The maximum Gasteiger partial charge on any atom is 0.124 e. The second kappa shape index (κ2) is 4.88. The summed E-state index contributed by atoms with van der Waals surface area (Å²) < 4.78 is 5.90. The van der Waals surface area contributed by atoms with Gasteiger partial charge in [0.1, 0.15) is 5.75 Å². The van der Waals surface area contributed by atoms with Gasteiger partial charge in [-0.15, -0.1) is 0 Å². The van der Waals surface area contributed by atoms with Crippen LogP contribution in [-0.2, 0) is 0 Å². The average molecular weight is 219 g/mol. The molecule has 0 aromatic heterocycles. The Morgan fingerprint density at radius 2 is 2.19 bits per heavy atom. The van der Waals surface area contributed by atoms with Crippen LogP contribution >= 0.6 is 0 Å². The molecule has 1 saturated carbocycles. The molecule has 1 aromatic carbocycles. The molecule has 0 spiro atoms. The Morgan fingerprint density at radius 3 is 2.75 bits per heavy atom. The molecule has 1 aromatic rings. The summed E-state index contributed by atoms with van der Waals surface area (Å²) in [5.74, 6) is 1.74. The minimum atomic E-state index is 0.0389. The molecule has 1 aliphatic rings. The van der Waals surface area contributed by atoms with Crippen LogP contribution in [0.2, 0.25) is 0 Å². The van der Waals surface area contributed by atoms with Gasteiger partial charge in [-0.2, -0.15) is 0 Å². The van der Waals surface area contributed by atoms with Gasteiger partial charge in [0, 0.05) is 11.6 Å². The van der Waals surface area contributed by atoms with Crippen LogP contribution in [0.15, 0.2) is 18.2 Å². The summed E-state index contributed by atoms with van der Waals surface area (Å²) in [6.07, 6.45) is 4.00. The second-order valence-corrected chi connectivity index (χ2v) is 4.94. The molecule has 88 valence electrons. The van der Waals surface area contributed by atoms with Crippen molar-refractivity contribution in [2.75, 3.05) is 6.61 Å². The highest BCUT2D eigenvalue weighted by atomic mass is 16.5. The maximum atomic E-state index is 5.94. The van der Waals surface area contributed by atoms with E-state index < -0.39 is 0 Å². The molecule has 0 aliphatic heterocycles. The van der Waals surface area contributed by atoms with Crippen molar-refractivity contribution in [3.05, 3.63) is 29.3 Å². The van der Waals surface area contributed by atoms with Gasteiger partial charge in [-0.1, -0.05) is 18.6 Å². The zero-order chi connectivity index (χ0) is 11.5. The van der Waals surface area contributed by atoms with Crippen molar-refractivity contribution in [3.63, 3.8) is 0 Å². The molecule has 2 nitrogen and oxygen atoms in total. The smallest absolute Gasteiger partial charge is 0.124 e. The topological polar surface area (TPSA) is 35.2 Å². The summed E-state index contributed by atoms with van der Waals surface area (Å²) >= 11 is 0. The molecule has 0 bridgehead atoms. The zero-order valence-electron chi connectivity index (χ0n) is 10.2. The highest BCUT2D eigenvalue weighted by Gasteiger charge is 2.18. The van der Waals surface area contributed by atoms with Gasteiger partial charge in [-0.25, -0.2) is 0 Å². The van der Waals surface area contributed by atoms with Gasteiger partial charge in [-0.05, 0) is 44.2 Å². The average Bonchev–Trinajstić information content (AvgIpc) is 2.14. The van der Waals surface area contributed by atoms with E-state index in [1.165, 1.54) is 24.8 Å². The molecule has 0 unspecified atom stereocenters. The Kier molecular flexibility index (Phi) is 3.49. The predicted molar refractivity (Wildman–Crippen MR) is 66.6 cm³/mol. The van der Waals surface area contributed by atoms with E-state index in [4.69, 9.17) is 10.5 Å². The van der Waals surface area contributed by atoms with Gasteiger partial charge in [0.2, 0.25) is 0 Å². The summed E-state index contributed by atoms with van der Waals surface area (Å²) in [6.45, 7) is 4.94. The molecule has 16 heavy (non-hydrogen) atoms. The predicted octanol–water partition coefficient (Wildman–Crippen LogP) is 3.19. The lowest BCUT2D eigenvalue weighted by atomic mass is 9.86. The minimum absolute atomic E-state index is 0.0389. The molecular formula is C14H21NO. The van der Waals surface area contributed by atoms with E-state index in [2.05, 4.69) is 25.1 Å². The number of rotatable bonds is 4. The molecule has 1 fully saturated rings. The Morgan fingerprint density at radius 1 is 1.44 bits per heavy atom. The molecule has 0 heterocycles. The van der Waals surface area contributed by atoms with Crippen LogP contribution in [0.5, 0.6) is 5.75 Å². The number of hydrogen-bond acceptors (Lipinski definition) is 2. The van der Waals surface area contributed by atoms with E-state index in [1.54, 1.807) is 0 Å². The van der Waals surface area contributed by atoms with Crippen molar-refractivity contribution >= 4 is 0 Å². The lowest BCUT2D eigenvalue weighted by Crippen LogP contribution is -2.20. The highest BCUT2D eigenvalue weighted by Crippen LogP contribution is 2.30. The number of aryl methyl sites for hydroxylation is 1. The fourth-order valence-corrected chi connectivity index (χ4v) is 2.01. The van der Waals surface area contributed by atoms with Crippen LogP contribution in [-0.4, -0.2) is 6.61 Å². The van der Waals surface area contributed by atoms with Crippen LogP contribution in [0.1, 0.15) is 43.4 Å². The van der Waals surface area contributed by atoms with Crippen molar-refractivity contribution < 1.29 is 4.74 Å². The number of ether oxygens (including phenoxy) is 1. The number of hydrogen-bond donors (Lipinski definition) is 1. The Labute approximate surface area is 97.8 Å². The number of benzene rings is 1. The first-order chi connectivity index (χ1) is 7.66. The van der Waals surface area contributed by atoms with E-state index in [0.717, 1.165) is 23.8 Å². The summed E-state index contributed by atoms with van der Waals surface area (Å²) in [6, 6.07) is 6.31. The SMILES string of the molecule is Cc1ccc([C@@H](C)N)c(OCC2CCC2)c1. The van der Waals surface area contributed by atoms with Crippen LogP contribution < -0.4 is 10.5 Å². The molecule has 2 rings (SSSR count). The molecule has 0 radical (unpaired) electrons. The standard InChI is InChI=1S/C14H21NO/c1-10-6-7-13(11(2)15)14(8-10)16-9-12-4-3-5-12/h6-8,11-12H,3-5,9,15H2,1-2H3/t11-/m1/s1. The van der Waals surface area contributed by atoms with Gasteiger partial charge in [0.25, 0.3) is 0 Å². The summed E-state index contributed by atoms with van der Waals surface area (Å²) in [5, 5.41) is 0. The molecule has 1 atom stereocenters. The van der Waals surface area contributed by atoms with Crippen molar-refractivity contribution in [2.24, 2.45) is 11.7 Å². The first-order valence-electron chi connectivity index (χ1n) is 6.15. The van der Waals surface area contributed by atoms with E-state index >= 15 is 0 Å². The van der Waals surface area contributed by atoms with E-state index in [0.29, 0.717) is 0 Å². The van der Waals surface area contributed by atoms with Crippen molar-refractivity contribution in [2.45, 2.75) is 39.2 Å². The highest BCUT2D eigenvalue weighted by molar-refractivity contribution is 5.38. The molecule has 0 amide bonds. The van der Waals surface area contributed by atoms with E-state index in [9.17, 15) is 0 Å². The van der Waals surface area contributed by atoms with Crippen LogP contribution in [0, 0.1) is 12.8 Å². The number of nitrogens with two attached hydrogens (primary N) is 1. The second-order valence-electron chi connectivity index (χ2n) is 4.94. The quantitative estimate of drug-likeness (QED) is 0.844. The molecule has 2 heteroatoms. The van der Waals surface area contributed by atoms with Crippen molar-refractivity contribution in [1.82, 2.24) is 0 Å². The third-order valence-electron chi connectivity index (χ3n) is 3.36. The van der Waals surface area contributed by atoms with Crippen LogP contribution in [0.3, 0.4) is 0 Å². The first kappa shape index (κ1) is 11.5. The van der Waals surface area contributed by atoms with E-state index in [1.807, 2.05) is 6.92 Å². The van der Waals surface area contributed by atoms with Crippen molar-refractivity contribution in [1.29, 1.82) is 0 Å². The third-order valence-corrected chi connectivity index (χ3v) is 3.36. The third kappa shape index (κ3) is 2.56. The fourth-order valence-electron chi connectivity index (χ4n) is 2.01. The fraction of sp³-hybridized carbons (Fsp3) is 0.571. The Balaban J connectivity index is 2.06. The zero-order valence-corrected chi connectivity index (χ0v) is 10.2. The largest absolute Gasteiger partial charge is 0.493 e. The molecular weight excluding hydrogens is 198 g/mol. The van der Waals surface area contributed by atoms with Gasteiger partial charge in [0.05, 0.1) is 6.61 Å². The van der Waals surface area contributed by atoms with Gasteiger partial charge in [0.15, 0.2) is 0 Å². The van der Waals surface area contributed by atoms with Crippen LogP contribution in [0.25, 0.3) is 0 Å². The maximum absolute atomic E-state index is 5.94. The summed E-state index contributed by atoms with van der Waals surface area (Å²) in [7, 11) is 0. The monoisotopic (exact) mass is 219 g/mol. The first-order valence-corrected chi connectivity index (χ1v) is 6.15. The minimum Gasteiger partial charge on any atom is -0.493 e. The lowest BCUT2D eigenvalue weighted by molar-refractivity contribution is 0.179. The van der Waals surface area contributed by atoms with Gasteiger partial charge in [-0.3, -0.25) is 0 Å². The Bertz CT molecular complexity index is 356. The summed E-state index contributed by atoms with van der Waals surface area (Å²) in [4.78, 5) is 0. The van der Waals surface area contributed by atoms with Crippen LogP contribution in [0.4, 0.5) is 0 Å². The van der Waals surface area contributed by atoms with Gasteiger partial charge >= 0.3 is 0 Å². The van der Waals surface area contributed by atoms with E-state index in [-0.39, 0.29) is 6.04 Å². The molecule has 0 saturated heterocycles. The lowest BCUT2D eigenvalue weighted by Gasteiger charge is -2.26. The van der Waals surface area contributed by atoms with Crippen molar-refractivity contribution in [3.8, 4) is 5.75 Å².